The van der Waals surface area contributed by atoms with Crippen molar-refractivity contribution in [1.82, 2.24) is 0 Å². The summed E-state index contributed by atoms with van der Waals surface area (Å²) < 4.78 is 35.5. The second-order valence-corrected chi connectivity index (χ2v) is 9.82. The minimum absolute atomic E-state index is 0.245. The van der Waals surface area contributed by atoms with E-state index in [2.05, 4.69) is 41.5 Å². The summed E-state index contributed by atoms with van der Waals surface area (Å²) in [6.07, 6.45) is 0. The van der Waals surface area contributed by atoms with E-state index in [4.69, 9.17) is 18.5 Å². The number of methoxy groups -OCH3 is 2. The molecule has 0 unspecified atom stereocenters. The van der Waals surface area contributed by atoms with Crippen LogP contribution >= 0.6 is 8.25 Å². The summed E-state index contributed by atoms with van der Waals surface area (Å²) >= 11 is 0. The van der Waals surface area contributed by atoms with Gasteiger partial charge in [-0.2, -0.15) is 0 Å². The van der Waals surface area contributed by atoms with Gasteiger partial charge in [-0.15, -0.1) is 0 Å². The third kappa shape index (κ3) is 3.68. The van der Waals surface area contributed by atoms with Crippen molar-refractivity contribution >= 4 is 8.25 Å². The Bertz CT molecular complexity index is 860. The van der Waals surface area contributed by atoms with Gasteiger partial charge in [0, 0.05) is 26.8 Å². The smallest absolute Gasteiger partial charge is 0.497 e. The van der Waals surface area contributed by atoms with Crippen molar-refractivity contribution < 1.29 is 23.1 Å². The van der Waals surface area contributed by atoms with Gasteiger partial charge in [-0.1, -0.05) is 41.5 Å². The molecular formula is C22H28O5P+. The van der Waals surface area contributed by atoms with Crippen LogP contribution in [-0.4, -0.2) is 14.2 Å². The van der Waals surface area contributed by atoms with E-state index >= 15 is 0 Å². The molecule has 2 aromatic carbocycles. The molecule has 0 saturated heterocycles. The van der Waals surface area contributed by atoms with Gasteiger partial charge in [-0.25, -0.2) is 9.05 Å². The minimum atomic E-state index is -2.38. The van der Waals surface area contributed by atoms with E-state index in [1.165, 1.54) is 0 Å². The standard InChI is InChI=1S/C22H28O5P/c1-21(2,3)17-11-13(24-7)9-15-16-10-14(25-8)12-18(22(4,5)6)20(16)27-28(23)26-19(15)17/h9-12H,1-8H3/q+1. The topological polar surface area (TPSA) is 54.0 Å². The Labute approximate surface area is 167 Å². The zero-order valence-corrected chi connectivity index (χ0v) is 18.7. The Balaban J connectivity index is 2.45. The molecular weight excluding hydrogens is 375 g/mol. The van der Waals surface area contributed by atoms with Crippen LogP contribution in [-0.2, 0) is 15.4 Å². The van der Waals surface area contributed by atoms with Crippen LogP contribution in [0.5, 0.6) is 23.0 Å². The molecule has 1 aliphatic heterocycles. The van der Waals surface area contributed by atoms with Gasteiger partial charge in [0.25, 0.3) is 0 Å². The van der Waals surface area contributed by atoms with Crippen molar-refractivity contribution in [3.63, 3.8) is 0 Å². The molecule has 0 atom stereocenters. The summed E-state index contributed by atoms with van der Waals surface area (Å²) in [4.78, 5) is 0. The number of rotatable bonds is 2. The van der Waals surface area contributed by atoms with E-state index in [9.17, 15) is 4.57 Å². The van der Waals surface area contributed by atoms with Crippen LogP contribution in [0.15, 0.2) is 24.3 Å². The molecule has 6 heteroatoms. The molecule has 5 nitrogen and oxygen atoms in total. The quantitative estimate of drug-likeness (QED) is 0.544. The summed E-state index contributed by atoms with van der Waals surface area (Å²) in [5.74, 6) is 2.52. The van der Waals surface area contributed by atoms with Gasteiger partial charge in [0.05, 0.1) is 14.2 Å². The van der Waals surface area contributed by atoms with Crippen molar-refractivity contribution in [1.29, 1.82) is 0 Å². The molecule has 0 spiro atoms. The van der Waals surface area contributed by atoms with Gasteiger partial charge in [0.2, 0.25) is 11.5 Å². The van der Waals surface area contributed by atoms with Gasteiger partial charge >= 0.3 is 8.25 Å². The van der Waals surface area contributed by atoms with Crippen LogP contribution < -0.4 is 18.5 Å². The highest BCUT2D eigenvalue weighted by molar-refractivity contribution is 7.34. The van der Waals surface area contributed by atoms with Crippen LogP contribution in [0, 0.1) is 0 Å². The molecule has 0 aliphatic carbocycles. The molecule has 0 bridgehead atoms. The number of hydrogen-bond donors (Lipinski definition) is 0. The minimum Gasteiger partial charge on any atom is -0.497 e. The largest absolute Gasteiger partial charge is 0.805 e. The number of fused-ring (bicyclic) bond motifs is 3. The second kappa shape index (κ2) is 6.97. The molecule has 2 aromatic rings. The van der Waals surface area contributed by atoms with Gasteiger partial charge in [-0.3, -0.25) is 0 Å². The Morgan fingerprint density at radius 3 is 1.36 bits per heavy atom. The number of ether oxygens (including phenoxy) is 2. The van der Waals surface area contributed by atoms with Gasteiger partial charge in [-0.05, 0) is 35.1 Å². The van der Waals surface area contributed by atoms with Gasteiger partial charge in [0.1, 0.15) is 11.5 Å². The van der Waals surface area contributed by atoms with Crippen LogP contribution in [0.4, 0.5) is 0 Å². The van der Waals surface area contributed by atoms with Gasteiger partial charge < -0.3 is 9.47 Å². The third-order valence-electron chi connectivity index (χ3n) is 4.83. The highest BCUT2D eigenvalue weighted by Crippen LogP contribution is 2.54. The second-order valence-electron chi connectivity index (χ2n) is 9.01. The molecule has 0 fully saturated rings. The molecule has 150 valence electrons. The summed E-state index contributed by atoms with van der Waals surface area (Å²) in [6, 6.07) is 7.65. The van der Waals surface area contributed by atoms with Crippen LogP contribution in [0.25, 0.3) is 11.1 Å². The summed E-state index contributed by atoms with van der Waals surface area (Å²) in [5, 5.41) is 0. The maximum Gasteiger partial charge on any atom is 0.805 e. The highest BCUT2D eigenvalue weighted by Gasteiger charge is 2.40. The molecule has 0 saturated carbocycles. The van der Waals surface area contributed by atoms with Crippen molar-refractivity contribution in [3.05, 3.63) is 35.4 Å². The predicted molar refractivity (Wildman–Crippen MR) is 111 cm³/mol. The van der Waals surface area contributed by atoms with E-state index in [-0.39, 0.29) is 10.8 Å². The molecule has 3 rings (SSSR count). The first-order chi connectivity index (χ1) is 13.0. The highest BCUT2D eigenvalue weighted by atomic mass is 31.1. The van der Waals surface area contributed by atoms with E-state index < -0.39 is 8.25 Å². The fourth-order valence-electron chi connectivity index (χ4n) is 3.32. The monoisotopic (exact) mass is 403 g/mol. The first-order valence-electron chi connectivity index (χ1n) is 9.24. The van der Waals surface area contributed by atoms with Crippen molar-refractivity contribution in [2.24, 2.45) is 0 Å². The Kier molecular flexibility index (Phi) is 5.09. The van der Waals surface area contributed by atoms with E-state index in [1.807, 2.05) is 24.3 Å². The third-order valence-corrected chi connectivity index (χ3v) is 5.50. The zero-order chi connectivity index (χ0) is 20.9. The summed E-state index contributed by atoms with van der Waals surface area (Å²) in [6.45, 7) is 12.5. The zero-order valence-electron chi connectivity index (χ0n) is 17.8. The van der Waals surface area contributed by atoms with Gasteiger partial charge in [0.15, 0.2) is 0 Å². The molecule has 1 aliphatic rings. The first-order valence-corrected chi connectivity index (χ1v) is 10.3. The number of benzene rings is 2. The van der Waals surface area contributed by atoms with E-state index in [0.29, 0.717) is 23.0 Å². The van der Waals surface area contributed by atoms with Crippen LogP contribution in [0.1, 0.15) is 52.7 Å². The lowest BCUT2D eigenvalue weighted by molar-refractivity contribution is 0.399. The van der Waals surface area contributed by atoms with Crippen molar-refractivity contribution in [2.45, 2.75) is 52.4 Å². The summed E-state index contributed by atoms with van der Waals surface area (Å²) in [5.41, 5.74) is 2.88. The first kappa shape index (κ1) is 20.5. The fourth-order valence-corrected chi connectivity index (χ4v) is 4.05. The van der Waals surface area contributed by atoms with E-state index in [1.54, 1.807) is 14.2 Å². The molecule has 0 aromatic heterocycles. The normalized spacial score (nSPS) is 13.6. The SMILES string of the molecule is COc1cc2c(c(C(C)(C)C)c1)O[P+](=O)Oc1c-2cc(OC)cc1C(C)(C)C. The Hall–Kier alpha value is -2.26. The lowest BCUT2D eigenvalue weighted by Gasteiger charge is -2.24. The van der Waals surface area contributed by atoms with E-state index in [0.717, 1.165) is 22.3 Å². The number of hydrogen-bond acceptors (Lipinski definition) is 5. The molecule has 0 radical (unpaired) electrons. The molecule has 0 amide bonds. The van der Waals surface area contributed by atoms with Crippen LogP contribution in [0.2, 0.25) is 0 Å². The summed E-state index contributed by atoms with van der Waals surface area (Å²) in [7, 11) is 0.892. The lowest BCUT2D eigenvalue weighted by Crippen LogP contribution is -2.13. The predicted octanol–water partition coefficient (Wildman–Crippen LogP) is 6.39. The average molecular weight is 403 g/mol. The Morgan fingerprint density at radius 2 is 1.07 bits per heavy atom. The Morgan fingerprint density at radius 1 is 0.714 bits per heavy atom. The lowest BCUT2D eigenvalue weighted by atomic mass is 9.81. The molecule has 28 heavy (non-hydrogen) atoms. The maximum absolute atomic E-state index is 12.7. The fraction of sp³-hybridized carbons (Fsp3) is 0.455. The van der Waals surface area contributed by atoms with Crippen molar-refractivity contribution in [2.75, 3.05) is 14.2 Å². The van der Waals surface area contributed by atoms with Crippen LogP contribution in [0.3, 0.4) is 0 Å². The molecule has 1 heterocycles. The molecule has 0 N–H and O–H groups in total. The van der Waals surface area contributed by atoms with Crippen molar-refractivity contribution in [3.8, 4) is 34.1 Å². The average Bonchev–Trinajstić information content (AvgIpc) is 2.73. The maximum atomic E-state index is 12.7.